The summed E-state index contributed by atoms with van der Waals surface area (Å²) in [6, 6.07) is 14.1. The van der Waals surface area contributed by atoms with Crippen molar-refractivity contribution >= 4 is 16.1 Å². The summed E-state index contributed by atoms with van der Waals surface area (Å²) < 4.78 is 43.6. The standard InChI is InChI=1S/C23H30O7S/c1-5-27-22(24)23(2,3)29-21-11-8-10-18(17-21)9-6-7-16-28-19-12-14-20(15-13-19)30-31(4,25)26/h8,10-15,17H,5-7,9,16H2,1-4H3. The molecule has 170 valence electrons. The minimum Gasteiger partial charge on any atom is -0.494 e. The summed E-state index contributed by atoms with van der Waals surface area (Å²) in [6.45, 7) is 6.00. The maximum Gasteiger partial charge on any atom is 0.349 e. The third-order valence-corrected chi connectivity index (χ3v) is 4.73. The molecule has 2 rings (SSSR count). The summed E-state index contributed by atoms with van der Waals surface area (Å²) in [7, 11) is -3.53. The molecule has 0 saturated carbocycles. The molecule has 0 amide bonds. The van der Waals surface area contributed by atoms with Gasteiger partial charge in [-0.3, -0.25) is 0 Å². The predicted octanol–water partition coefficient (Wildman–Crippen LogP) is 4.15. The molecule has 0 atom stereocenters. The van der Waals surface area contributed by atoms with Gasteiger partial charge < -0.3 is 18.4 Å². The molecule has 0 aliphatic carbocycles. The van der Waals surface area contributed by atoms with Gasteiger partial charge in [-0.25, -0.2) is 4.79 Å². The van der Waals surface area contributed by atoms with Crippen molar-refractivity contribution in [3.05, 3.63) is 54.1 Å². The lowest BCUT2D eigenvalue weighted by Crippen LogP contribution is -2.39. The van der Waals surface area contributed by atoms with Gasteiger partial charge in [0.1, 0.15) is 17.2 Å². The van der Waals surface area contributed by atoms with Crippen LogP contribution in [-0.4, -0.2) is 39.5 Å². The van der Waals surface area contributed by atoms with Crippen molar-refractivity contribution in [2.45, 2.75) is 45.6 Å². The average Bonchev–Trinajstić information content (AvgIpc) is 2.68. The third kappa shape index (κ3) is 8.88. The number of rotatable bonds is 12. The van der Waals surface area contributed by atoms with Gasteiger partial charge in [-0.2, -0.15) is 8.42 Å². The molecule has 0 radical (unpaired) electrons. The molecular formula is C23H30O7S. The summed E-state index contributed by atoms with van der Waals surface area (Å²) in [6.07, 6.45) is 3.61. The van der Waals surface area contributed by atoms with Gasteiger partial charge in [0.25, 0.3) is 0 Å². The monoisotopic (exact) mass is 450 g/mol. The second-order valence-corrected chi connectivity index (χ2v) is 9.12. The number of aryl methyl sites for hydroxylation is 1. The van der Waals surface area contributed by atoms with Gasteiger partial charge in [0, 0.05) is 0 Å². The van der Waals surface area contributed by atoms with Crippen LogP contribution < -0.4 is 13.7 Å². The van der Waals surface area contributed by atoms with Crippen molar-refractivity contribution in [2.24, 2.45) is 0 Å². The fourth-order valence-corrected chi connectivity index (χ4v) is 3.25. The number of benzene rings is 2. The number of carbonyl (C=O) groups excluding carboxylic acids is 1. The van der Waals surface area contributed by atoms with Crippen molar-refractivity contribution in [1.29, 1.82) is 0 Å². The van der Waals surface area contributed by atoms with E-state index in [1.165, 1.54) is 0 Å². The van der Waals surface area contributed by atoms with Crippen LogP contribution in [0, 0.1) is 0 Å². The highest BCUT2D eigenvalue weighted by Gasteiger charge is 2.31. The molecule has 8 heteroatoms. The van der Waals surface area contributed by atoms with Crippen LogP contribution in [0.5, 0.6) is 17.2 Å². The zero-order valence-electron chi connectivity index (χ0n) is 18.4. The summed E-state index contributed by atoms with van der Waals surface area (Å²) in [4.78, 5) is 12.0. The van der Waals surface area contributed by atoms with Crippen molar-refractivity contribution in [3.63, 3.8) is 0 Å². The van der Waals surface area contributed by atoms with E-state index in [-0.39, 0.29) is 5.75 Å². The molecule has 0 aliphatic rings. The summed E-state index contributed by atoms with van der Waals surface area (Å²) in [5.41, 5.74) is 0.0594. The first-order valence-electron chi connectivity index (χ1n) is 10.2. The lowest BCUT2D eigenvalue weighted by atomic mass is 10.1. The molecule has 0 saturated heterocycles. The lowest BCUT2D eigenvalue weighted by molar-refractivity contribution is -0.158. The summed E-state index contributed by atoms with van der Waals surface area (Å²) in [5, 5.41) is 0. The van der Waals surface area contributed by atoms with Crippen LogP contribution >= 0.6 is 0 Å². The zero-order valence-corrected chi connectivity index (χ0v) is 19.2. The molecule has 0 fully saturated rings. The van der Waals surface area contributed by atoms with E-state index < -0.39 is 21.7 Å². The maximum absolute atomic E-state index is 12.0. The number of carbonyl (C=O) groups is 1. The van der Waals surface area contributed by atoms with Gasteiger partial charge >= 0.3 is 16.1 Å². The van der Waals surface area contributed by atoms with E-state index in [1.807, 2.05) is 24.3 Å². The first-order valence-corrected chi connectivity index (χ1v) is 12.0. The first kappa shape index (κ1) is 24.5. The Balaban J connectivity index is 1.76. The molecule has 2 aromatic rings. The number of hydrogen-bond donors (Lipinski definition) is 0. The SMILES string of the molecule is CCOC(=O)C(C)(C)Oc1cccc(CCCCOc2ccc(OS(C)(=O)=O)cc2)c1. The van der Waals surface area contributed by atoms with Gasteiger partial charge in [0.2, 0.25) is 0 Å². The van der Waals surface area contributed by atoms with Crippen LogP contribution in [0.25, 0.3) is 0 Å². The van der Waals surface area contributed by atoms with Gasteiger partial charge in [-0.1, -0.05) is 12.1 Å². The van der Waals surface area contributed by atoms with Crippen molar-refractivity contribution < 1.29 is 31.6 Å². The molecule has 0 unspecified atom stereocenters. The van der Waals surface area contributed by atoms with Crippen LogP contribution in [0.4, 0.5) is 0 Å². The number of esters is 1. The van der Waals surface area contributed by atoms with Crippen molar-refractivity contribution in [1.82, 2.24) is 0 Å². The van der Waals surface area contributed by atoms with E-state index in [9.17, 15) is 13.2 Å². The van der Waals surface area contributed by atoms with Crippen LogP contribution in [0.3, 0.4) is 0 Å². The highest BCUT2D eigenvalue weighted by molar-refractivity contribution is 7.86. The lowest BCUT2D eigenvalue weighted by Gasteiger charge is -2.24. The van der Waals surface area contributed by atoms with E-state index in [2.05, 4.69) is 0 Å². The van der Waals surface area contributed by atoms with Gasteiger partial charge in [-0.05, 0) is 82.0 Å². The quantitative estimate of drug-likeness (QED) is 0.273. The van der Waals surface area contributed by atoms with Gasteiger partial charge in [0.05, 0.1) is 19.5 Å². The van der Waals surface area contributed by atoms with Crippen LogP contribution in [-0.2, 0) is 26.1 Å². The number of hydrogen-bond acceptors (Lipinski definition) is 7. The van der Waals surface area contributed by atoms with E-state index >= 15 is 0 Å². The number of unbranched alkanes of at least 4 members (excludes halogenated alkanes) is 1. The van der Waals surface area contributed by atoms with Gasteiger partial charge in [-0.15, -0.1) is 0 Å². The molecule has 0 aromatic heterocycles. The van der Waals surface area contributed by atoms with Crippen molar-refractivity contribution in [2.75, 3.05) is 19.5 Å². The predicted molar refractivity (Wildman–Crippen MR) is 118 cm³/mol. The Bertz CT molecular complexity index is 950. The average molecular weight is 451 g/mol. The number of ether oxygens (including phenoxy) is 3. The zero-order chi connectivity index (χ0) is 22.9. The van der Waals surface area contributed by atoms with Crippen LogP contribution in [0.1, 0.15) is 39.2 Å². The van der Waals surface area contributed by atoms with Crippen LogP contribution in [0.15, 0.2) is 48.5 Å². The highest BCUT2D eigenvalue weighted by Crippen LogP contribution is 2.22. The molecule has 0 bridgehead atoms. The fourth-order valence-electron chi connectivity index (χ4n) is 2.79. The minimum atomic E-state index is -3.53. The molecule has 7 nitrogen and oxygen atoms in total. The normalized spacial score (nSPS) is 11.6. The first-order chi connectivity index (χ1) is 14.6. The molecule has 0 spiro atoms. The second kappa shape index (κ2) is 11.0. The fraction of sp³-hybridized carbons (Fsp3) is 0.435. The molecule has 0 aliphatic heterocycles. The Morgan fingerprint density at radius 2 is 1.65 bits per heavy atom. The van der Waals surface area contributed by atoms with E-state index in [1.54, 1.807) is 45.0 Å². The minimum absolute atomic E-state index is 0.253. The Hall–Kier alpha value is -2.74. The molecule has 0 N–H and O–H groups in total. The Morgan fingerprint density at radius 3 is 2.29 bits per heavy atom. The summed E-state index contributed by atoms with van der Waals surface area (Å²) >= 11 is 0. The van der Waals surface area contributed by atoms with Crippen molar-refractivity contribution in [3.8, 4) is 17.2 Å². The topological polar surface area (TPSA) is 88.1 Å². The van der Waals surface area contributed by atoms with Gasteiger partial charge in [0.15, 0.2) is 5.60 Å². The second-order valence-electron chi connectivity index (χ2n) is 7.54. The molecular weight excluding hydrogens is 420 g/mol. The maximum atomic E-state index is 12.0. The highest BCUT2D eigenvalue weighted by atomic mass is 32.2. The Morgan fingerprint density at radius 1 is 0.968 bits per heavy atom. The van der Waals surface area contributed by atoms with Crippen LogP contribution in [0.2, 0.25) is 0 Å². The van der Waals surface area contributed by atoms with E-state index in [0.29, 0.717) is 24.7 Å². The van der Waals surface area contributed by atoms with E-state index in [4.69, 9.17) is 18.4 Å². The van der Waals surface area contributed by atoms with E-state index in [0.717, 1.165) is 31.1 Å². The molecule has 2 aromatic carbocycles. The largest absolute Gasteiger partial charge is 0.494 e. The molecule has 0 heterocycles. The smallest absolute Gasteiger partial charge is 0.349 e. The Kier molecular flexibility index (Phi) is 8.74. The molecule has 31 heavy (non-hydrogen) atoms. The summed E-state index contributed by atoms with van der Waals surface area (Å²) in [5.74, 6) is 1.14. The third-order valence-electron chi connectivity index (χ3n) is 4.24. The Labute approximate surface area is 184 Å².